The number of nitrogens with one attached hydrogen (secondary N) is 2. The van der Waals surface area contributed by atoms with Crippen LogP contribution in [0.25, 0.3) is 0 Å². The van der Waals surface area contributed by atoms with E-state index in [1.165, 1.54) is 12.1 Å². The van der Waals surface area contributed by atoms with Gasteiger partial charge in [-0.05, 0) is 18.2 Å². The number of rotatable bonds is 3. The summed E-state index contributed by atoms with van der Waals surface area (Å²) in [5.74, 6) is -0.505. The number of anilines is 3. The molecule has 2 rings (SSSR count). The van der Waals surface area contributed by atoms with Gasteiger partial charge in [-0.15, -0.1) is 5.10 Å². The van der Waals surface area contributed by atoms with Gasteiger partial charge in [0.25, 0.3) is 0 Å². The van der Waals surface area contributed by atoms with Crippen LogP contribution in [0.1, 0.15) is 10.4 Å². The Morgan fingerprint density at radius 3 is 2.94 bits per heavy atom. The normalized spacial score (nSPS) is 10.0. The van der Waals surface area contributed by atoms with Crippen LogP contribution in [0.4, 0.5) is 17.6 Å². The van der Waals surface area contributed by atoms with Gasteiger partial charge in [-0.2, -0.15) is 4.98 Å². The molecule has 2 aromatic rings. The summed E-state index contributed by atoms with van der Waals surface area (Å²) in [4.78, 5) is 14.6. The molecule has 7 nitrogen and oxygen atoms in total. The van der Waals surface area contributed by atoms with E-state index in [-0.39, 0.29) is 11.5 Å². The Morgan fingerprint density at radius 2 is 2.31 bits per heavy atom. The number of carboxylic acid groups (broad SMARTS) is 1. The fraction of sp³-hybridized carbons (Fsp3) is 0. The molecule has 0 saturated carbocycles. The second kappa shape index (κ2) is 3.89. The minimum atomic E-state index is -0.988. The van der Waals surface area contributed by atoms with Crippen LogP contribution in [-0.4, -0.2) is 26.3 Å². The third kappa shape index (κ3) is 2.08. The van der Waals surface area contributed by atoms with E-state index in [9.17, 15) is 4.79 Å². The highest BCUT2D eigenvalue weighted by molar-refractivity contribution is 5.88. The first kappa shape index (κ1) is 9.97. The van der Waals surface area contributed by atoms with Gasteiger partial charge in [0.2, 0.25) is 11.9 Å². The van der Waals surface area contributed by atoms with Crippen molar-refractivity contribution in [2.45, 2.75) is 0 Å². The van der Waals surface area contributed by atoms with Crippen molar-refractivity contribution >= 4 is 23.6 Å². The quantitative estimate of drug-likeness (QED) is 0.607. The summed E-state index contributed by atoms with van der Waals surface area (Å²) < 4.78 is 0. The lowest BCUT2D eigenvalue weighted by Crippen LogP contribution is -1.98. The Morgan fingerprint density at radius 1 is 1.50 bits per heavy atom. The standard InChI is InChI=1S/C9H9N5O2/c10-8-12-9(14-13-8)11-6-3-1-2-5(4-6)7(15)16/h1-4H,(H,15,16)(H4,10,11,12,13,14). The molecular formula is C9H9N5O2. The van der Waals surface area contributed by atoms with Crippen molar-refractivity contribution in [3.05, 3.63) is 29.8 Å². The number of benzene rings is 1. The second-order valence-electron chi connectivity index (χ2n) is 3.06. The predicted octanol–water partition coefficient (Wildman–Crippen LogP) is 0.829. The molecule has 0 saturated heterocycles. The summed E-state index contributed by atoms with van der Waals surface area (Å²) in [7, 11) is 0. The summed E-state index contributed by atoms with van der Waals surface area (Å²) in [5.41, 5.74) is 6.12. The van der Waals surface area contributed by atoms with Crippen molar-refractivity contribution in [1.29, 1.82) is 0 Å². The number of carbonyl (C=O) groups is 1. The topological polar surface area (TPSA) is 117 Å². The van der Waals surface area contributed by atoms with Gasteiger partial charge in [0.05, 0.1) is 5.56 Å². The number of nitrogens with zero attached hydrogens (tertiary/aromatic N) is 2. The Hall–Kier alpha value is -2.57. The van der Waals surface area contributed by atoms with E-state index in [1.807, 2.05) is 0 Å². The average molecular weight is 219 g/mol. The molecule has 0 atom stereocenters. The maximum absolute atomic E-state index is 10.7. The minimum absolute atomic E-state index is 0.188. The number of H-pyrrole nitrogens is 1. The number of hydrogen-bond donors (Lipinski definition) is 4. The highest BCUT2D eigenvalue weighted by atomic mass is 16.4. The van der Waals surface area contributed by atoms with Gasteiger partial charge in [-0.1, -0.05) is 6.07 Å². The predicted molar refractivity (Wildman–Crippen MR) is 57.5 cm³/mol. The van der Waals surface area contributed by atoms with Gasteiger partial charge in [-0.25, -0.2) is 9.89 Å². The SMILES string of the molecule is Nc1nc(Nc2cccc(C(=O)O)c2)n[nH]1. The lowest BCUT2D eigenvalue weighted by Gasteiger charge is -2.02. The highest BCUT2D eigenvalue weighted by Crippen LogP contribution is 2.14. The lowest BCUT2D eigenvalue weighted by atomic mass is 10.2. The molecule has 0 fully saturated rings. The van der Waals surface area contributed by atoms with Crippen LogP contribution in [0.3, 0.4) is 0 Å². The number of nitrogens with two attached hydrogens (primary N) is 1. The van der Waals surface area contributed by atoms with Crippen molar-refractivity contribution in [3.63, 3.8) is 0 Å². The molecule has 0 amide bonds. The molecule has 0 bridgehead atoms. The maximum Gasteiger partial charge on any atom is 0.335 e. The molecule has 1 aromatic heterocycles. The van der Waals surface area contributed by atoms with E-state index >= 15 is 0 Å². The molecule has 0 spiro atoms. The Labute approximate surface area is 90.3 Å². The second-order valence-corrected chi connectivity index (χ2v) is 3.06. The van der Waals surface area contributed by atoms with Crippen LogP contribution in [0, 0.1) is 0 Å². The van der Waals surface area contributed by atoms with Crippen LogP contribution >= 0.6 is 0 Å². The van der Waals surface area contributed by atoms with Gasteiger partial charge in [-0.3, -0.25) is 0 Å². The number of nitrogen functional groups attached to an aromatic ring is 1. The first-order valence-electron chi connectivity index (χ1n) is 4.43. The lowest BCUT2D eigenvalue weighted by molar-refractivity contribution is 0.0697. The van der Waals surface area contributed by atoms with Crippen molar-refractivity contribution < 1.29 is 9.90 Å². The van der Waals surface area contributed by atoms with E-state index in [4.69, 9.17) is 10.8 Å². The number of aromatic nitrogens is 3. The summed E-state index contributed by atoms with van der Waals surface area (Å²) in [6.45, 7) is 0. The number of aromatic amines is 1. The third-order valence-corrected chi connectivity index (χ3v) is 1.87. The molecule has 0 unspecified atom stereocenters. The molecule has 82 valence electrons. The van der Waals surface area contributed by atoms with Crippen molar-refractivity contribution in [2.75, 3.05) is 11.1 Å². The summed E-state index contributed by atoms with van der Waals surface area (Å²) in [6, 6.07) is 6.32. The zero-order chi connectivity index (χ0) is 11.5. The molecule has 0 aliphatic carbocycles. The Kier molecular flexibility index (Phi) is 2.42. The molecule has 0 aliphatic rings. The largest absolute Gasteiger partial charge is 0.478 e. The zero-order valence-corrected chi connectivity index (χ0v) is 8.14. The molecule has 1 aromatic carbocycles. The van der Waals surface area contributed by atoms with E-state index in [1.54, 1.807) is 12.1 Å². The van der Waals surface area contributed by atoms with Crippen LogP contribution in [0.15, 0.2) is 24.3 Å². The van der Waals surface area contributed by atoms with Gasteiger partial charge >= 0.3 is 5.97 Å². The van der Waals surface area contributed by atoms with Crippen molar-refractivity contribution in [1.82, 2.24) is 15.2 Å². The smallest absolute Gasteiger partial charge is 0.335 e. The van der Waals surface area contributed by atoms with Gasteiger partial charge < -0.3 is 16.2 Å². The fourth-order valence-electron chi connectivity index (χ4n) is 1.19. The molecule has 1 heterocycles. The molecule has 16 heavy (non-hydrogen) atoms. The molecular weight excluding hydrogens is 210 g/mol. The van der Waals surface area contributed by atoms with Gasteiger partial charge in [0.15, 0.2) is 0 Å². The summed E-state index contributed by atoms with van der Waals surface area (Å²) in [6.07, 6.45) is 0. The van der Waals surface area contributed by atoms with Crippen LogP contribution in [-0.2, 0) is 0 Å². The third-order valence-electron chi connectivity index (χ3n) is 1.87. The molecule has 5 N–H and O–H groups in total. The van der Waals surface area contributed by atoms with E-state index in [0.717, 1.165) is 0 Å². The zero-order valence-electron chi connectivity index (χ0n) is 8.14. The maximum atomic E-state index is 10.7. The van der Waals surface area contributed by atoms with Crippen molar-refractivity contribution in [2.24, 2.45) is 0 Å². The van der Waals surface area contributed by atoms with Gasteiger partial charge in [0, 0.05) is 5.69 Å². The number of aromatic carboxylic acids is 1. The molecule has 0 aliphatic heterocycles. The van der Waals surface area contributed by atoms with Crippen molar-refractivity contribution in [3.8, 4) is 0 Å². The van der Waals surface area contributed by atoms with E-state index in [0.29, 0.717) is 11.6 Å². The van der Waals surface area contributed by atoms with E-state index in [2.05, 4.69) is 20.5 Å². The summed E-state index contributed by atoms with van der Waals surface area (Å²) in [5, 5.41) is 17.8. The van der Waals surface area contributed by atoms with E-state index < -0.39 is 5.97 Å². The number of carboxylic acids is 1. The molecule has 7 heteroatoms. The average Bonchev–Trinajstić information content (AvgIpc) is 2.64. The first-order chi connectivity index (χ1) is 7.65. The number of hydrogen-bond acceptors (Lipinski definition) is 5. The first-order valence-corrected chi connectivity index (χ1v) is 4.43. The van der Waals surface area contributed by atoms with Crippen LogP contribution < -0.4 is 11.1 Å². The van der Waals surface area contributed by atoms with Gasteiger partial charge in [0.1, 0.15) is 0 Å². The Bertz CT molecular complexity index is 522. The summed E-state index contributed by atoms with van der Waals surface area (Å²) >= 11 is 0. The minimum Gasteiger partial charge on any atom is -0.478 e. The Balaban J connectivity index is 2.21. The van der Waals surface area contributed by atoms with Crippen LogP contribution in [0.2, 0.25) is 0 Å². The fourth-order valence-corrected chi connectivity index (χ4v) is 1.19. The monoisotopic (exact) mass is 219 g/mol. The van der Waals surface area contributed by atoms with Crippen LogP contribution in [0.5, 0.6) is 0 Å². The highest BCUT2D eigenvalue weighted by Gasteiger charge is 2.05. The molecule has 0 radical (unpaired) electrons.